The van der Waals surface area contributed by atoms with Crippen LogP contribution in [-0.2, 0) is 4.79 Å². The van der Waals surface area contributed by atoms with E-state index in [-0.39, 0.29) is 36.8 Å². The van der Waals surface area contributed by atoms with Crippen molar-refractivity contribution < 1.29 is 9.90 Å². The molecule has 0 aromatic carbocycles. The Labute approximate surface area is 127 Å². The van der Waals surface area contributed by atoms with Crippen molar-refractivity contribution in [1.82, 2.24) is 15.1 Å². The maximum absolute atomic E-state index is 12.1. The second kappa shape index (κ2) is 9.77. The van der Waals surface area contributed by atoms with E-state index in [0.717, 1.165) is 52.0 Å². The van der Waals surface area contributed by atoms with Crippen LogP contribution >= 0.6 is 24.8 Å². The summed E-state index contributed by atoms with van der Waals surface area (Å²) in [7, 11) is 0. The average Bonchev–Trinajstić information content (AvgIpc) is 2.57. The molecule has 2 heterocycles. The Hall–Kier alpha value is -0.0700. The van der Waals surface area contributed by atoms with Gasteiger partial charge in [0.25, 0.3) is 0 Å². The van der Waals surface area contributed by atoms with Crippen LogP contribution in [-0.4, -0.2) is 72.7 Å². The fraction of sp³-hybridized carbons (Fsp3) is 0.917. The molecule has 2 aliphatic rings. The molecule has 0 aromatic heterocycles. The Morgan fingerprint density at radius 2 is 1.95 bits per heavy atom. The molecule has 1 atom stereocenters. The number of β-amino-alcohol motifs (C(OH)–C–C–N with tert-alkyl or cyclic N) is 1. The second-order valence-electron chi connectivity index (χ2n) is 5.02. The predicted octanol–water partition coefficient (Wildman–Crippen LogP) is 0.109. The Kier molecular flexibility index (Phi) is 9.74. The molecular formula is C12H25Cl2N3O2. The molecule has 2 rings (SSSR count). The number of nitrogens with zero attached hydrogens (tertiary/aromatic N) is 2. The molecule has 114 valence electrons. The Balaban J connectivity index is 0.00000162. The summed E-state index contributed by atoms with van der Waals surface area (Å²) in [4.78, 5) is 16.1. The molecule has 0 spiro atoms. The number of nitrogens with one attached hydrogen (secondary N) is 1. The van der Waals surface area contributed by atoms with Crippen LogP contribution in [0.15, 0.2) is 0 Å². The third-order valence-electron chi connectivity index (χ3n) is 3.53. The van der Waals surface area contributed by atoms with Crippen molar-refractivity contribution in [2.45, 2.75) is 25.4 Å². The molecule has 0 aromatic rings. The number of piperidine rings is 1. The number of aliphatic hydroxyl groups excluding tert-OH is 1. The summed E-state index contributed by atoms with van der Waals surface area (Å²) < 4.78 is 0. The van der Waals surface area contributed by atoms with Gasteiger partial charge in [-0.15, -0.1) is 24.8 Å². The molecule has 1 unspecified atom stereocenters. The number of carbonyl (C=O) groups is 1. The van der Waals surface area contributed by atoms with Gasteiger partial charge in [-0.2, -0.15) is 0 Å². The molecule has 1 amide bonds. The van der Waals surface area contributed by atoms with Gasteiger partial charge in [0.15, 0.2) is 0 Å². The summed E-state index contributed by atoms with van der Waals surface area (Å²) in [6, 6.07) is 0. The molecule has 0 bridgehead atoms. The lowest BCUT2D eigenvalue weighted by Gasteiger charge is -2.31. The maximum Gasteiger partial charge on any atom is 0.236 e. The van der Waals surface area contributed by atoms with Crippen LogP contribution in [0.3, 0.4) is 0 Å². The van der Waals surface area contributed by atoms with Crippen LogP contribution in [0.2, 0.25) is 0 Å². The van der Waals surface area contributed by atoms with Gasteiger partial charge < -0.3 is 15.3 Å². The summed E-state index contributed by atoms with van der Waals surface area (Å²) >= 11 is 0. The van der Waals surface area contributed by atoms with Gasteiger partial charge in [-0.05, 0) is 32.4 Å². The first kappa shape index (κ1) is 18.9. The summed E-state index contributed by atoms with van der Waals surface area (Å²) in [6.07, 6.45) is 2.66. The van der Waals surface area contributed by atoms with Crippen molar-refractivity contribution in [3.05, 3.63) is 0 Å². The molecule has 2 aliphatic heterocycles. The summed E-state index contributed by atoms with van der Waals surface area (Å²) in [5.41, 5.74) is 0. The van der Waals surface area contributed by atoms with Crippen molar-refractivity contribution in [1.29, 1.82) is 0 Å². The van der Waals surface area contributed by atoms with Crippen molar-refractivity contribution in [3.8, 4) is 0 Å². The molecule has 2 saturated heterocycles. The minimum atomic E-state index is -0.248. The van der Waals surface area contributed by atoms with E-state index in [9.17, 15) is 9.90 Å². The summed E-state index contributed by atoms with van der Waals surface area (Å²) in [5.74, 6) is 0.211. The first-order chi connectivity index (χ1) is 8.25. The topological polar surface area (TPSA) is 55.8 Å². The highest BCUT2D eigenvalue weighted by atomic mass is 35.5. The van der Waals surface area contributed by atoms with E-state index in [4.69, 9.17) is 0 Å². The predicted molar refractivity (Wildman–Crippen MR) is 80.2 cm³/mol. The van der Waals surface area contributed by atoms with Gasteiger partial charge in [0, 0.05) is 26.2 Å². The monoisotopic (exact) mass is 313 g/mol. The Morgan fingerprint density at radius 1 is 1.16 bits per heavy atom. The molecule has 2 fully saturated rings. The van der Waals surface area contributed by atoms with Crippen molar-refractivity contribution in [2.75, 3.05) is 45.8 Å². The highest BCUT2D eigenvalue weighted by molar-refractivity contribution is 5.85. The smallest absolute Gasteiger partial charge is 0.236 e. The fourth-order valence-corrected chi connectivity index (χ4v) is 2.56. The van der Waals surface area contributed by atoms with Gasteiger partial charge in [-0.1, -0.05) is 0 Å². The zero-order chi connectivity index (χ0) is 12.1. The molecule has 19 heavy (non-hydrogen) atoms. The van der Waals surface area contributed by atoms with E-state index >= 15 is 0 Å². The van der Waals surface area contributed by atoms with Crippen molar-refractivity contribution in [2.24, 2.45) is 0 Å². The van der Waals surface area contributed by atoms with Crippen LogP contribution in [0.5, 0.6) is 0 Å². The van der Waals surface area contributed by atoms with Crippen LogP contribution in [0.4, 0.5) is 0 Å². The highest BCUT2D eigenvalue weighted by Crippen LogP contribution is 2.10. The van der Waals surface area contributed by atoms with E-state index in [1.807, 2.05) is 4.90 Å². The van der Waals surface area contributed by atoms with Gasteiger partial charge >= 0.3 is 0 Å². The SMILES string of the molecule is Cl.Cl.O=C(CN1CCCC(O)C1)N1CCCNCC1. The Morgan fingerprint density at radius 3 is 2.68 bits per heavy atom. The number of halogens is 2. The number of hydrogen-bond acceptors (Lipinski definition) is 4. The van der Waals surface area contributed by atoms with Gasteiger partial charge in [0.05, 0.1) is 12.6 Å². The highest BCUT2D eigenvalue weighted by Gasteiger charge is 2.22. The molecular weight excluding hydrogens is 289 g/mol. The number of likely N-dealkylation sites (tertiary alicyclic amines) is 1. The average molecular weight is 314 g/mol. The molecule has 7 heteroatoms. The largest absolute Gasteiger partial charge is 0.392 e. The zero-order valence-corrected chi connectivity index (χ0v) is 12.8. The first-order valence-electron chi connectivity index (χ1n) is 6.64. The molecule has 0 radical (unpaired) electrons. The minimum Gasteiger partial charge on any atom is -0.392 e. The normalized spacial score (nSPS) is 24.9. The van der Waals surface area contributed by atoms with Crippen molar-refractivity contribution in [3.63, 3.8) is 0 Å². The molecule has 0 aliphatic carbocycles. The van der Waals surface area contributed by atoms with E-state index in [0.29, 0.717) is 13.1 Å². The van der Waals surface area contributed by atoms with E-state index < -0.39 is 0 Å². The lowest BCUT2D eigenvalue weighted by atomic mass is 10.1. The molecule has 2 N–H and O–H groups in total. The van der Waals surface area contributed by atoms with E-state index in [1.54, 1.807) is 0 Å². The maximum atomic E-state index is 12.1. The van der Waals surface area contributed by atoms with Crippen LogP contribution in [0.25, 0.3) is 0 Å². The minimum absolute atomic E-state index is 0. The number of hydrogen-bond donors (Lipinski definition) is 2. The standard InChI is InChI=1S/C12H23N3O2.2ClH/c16-11-3-1-6-14(9-11)10-12(17)15-7-2-4-13-5-8-15;;/h11,13,16H,1-10H2;2*1H. The van der Waals surface area contributed by atoms with Gasteiger partial charge in [0.2, 0.25) is 5.91 Å². The van der Waals surface area contributed by atoms with Crippen LogP contribution in [0.1, 0.15) is 19.3 Å². The van der Waals surface area contributed by atoms with Gasteiger partial charge in [0.1, 0.15) is 0 Å². The molecule has 0 saturated carbocycles. The lowest BCUT2D eigenvalue weighted by molar-refractivity contribution is -0.132. The molecule has 5 nitrogen and oxygen atoms in total. The quantitative estimate of drug-likeness (QED) is 0.760. The number of amides is 1. The summed E-state index contributed by atoms with van der Waals surface area (Å²) in [5, 5.41) is 12.9. The van der Waals surface area contributed by atoms with E-state index in [1.165, 1.54) is 0 Å². The van der Waals surface area contributed by atoms with Crippen molar-refractivity contribution >= 4 is 30.7 Å². The number of carbonyl (C=O) groups excluding carboxylic acids is 1. The zero-order valence-electron chi connectivity index (χ0n) is 11.2. The van der Waals surface area contributed by atoms with Gasteiger partial charge in [-0.25, -0.2) is 0 Å². The van der Waals surface area contributed by atoms with Gasteiger partial charge in [-0.3, -0.25) is 9.69 Å². The summed E-state index contributed by atoms with van der Waals surface area (Å²) in [6.45, 7) is 5.64. The Bertz CT molecular complexity index is 261. The third-order valence-corrected chi connectivity index (χ3v) is 3.53. The number of aliphatic hydroxyl groups is 1. The number of rotatable bonds is 2. The fourth-order valence-electron chi connectivity index (χ4n) is 2.56. The first-order valence-corrected chi connectivity index (χ1v) is 6.64. The van der Waals surface area contributed by atoms with Crippen LogP contribution < -0.4 is 5.32 Å². The van der Waals surface area contributed by atoms with E-state index in [2.05, 4.69) is 10.2 Å². The third kappa shape index (κ3) is 6.27. The lowest BCUT2D eigenvalue weighted by Crippen LogP contribution is -2.46. The second-order valence-corrected chi connectivity index (χ2v) is 5.02. The van der Waals surface area contributed by atoms with Crippen LogP contribution in [0, 0.1) is 0 Å².